The van der Waals surface area contributed by atoms with Crippen LogP contribution in [-0.2, 0) is 18.4 Å². The van der Waals surface area contributed by atoms with Gasteiger partial charge in [0.25, 0.3) is 0 Å². The molecule has 0 aromatic carbocycles. The van der Waals surface area contributed by atoms with Gasteiger partial charge in [0.05, 0.1) is 18.8 Å². The van der Waals surface area contributed by atoms with E-state index in [1.165, 1.54) is 225 Å². The van der Waals surface area contributed by atoms with E-state index in [2.05, 4.69) is 19.2 Å². The maximum Gasteiger partial charge on any atom is 0.472 e. The van der Waals surface area contributed by atoms with Crippen LogP contribution in [0.15, 0.2) is 0 Å². The van der Waals surface area contributed by atoms with Crippen LogP contribution in [0.3, 0.4) is 0 Å². The molecule has 0 heterocycles. The Hall–Kier alpha value is -0.660. The Kier molecular flexibility index (Phi) is 45.1. The minimum absolute atomic E-state index is 0.243. The highest BCUT2D eigenvalue weighted by atomic mass is 31.2. The number of aliphatic hydroxyl groups excluding tert-OH is 6. The van der Waals surface area contributed by atoms with Crippen molar-refractivity contribution in [3.05, 3.63) is 0 Å². The quantitative estimate of drug-likeness (QED) is 0.0212. The molecular weight excluding hydrogens is 906 g/mol. The summed E-state index contributed by atoms with van der Waals surface area (Å²) >= 11 is 0. The molecule has 1 aliphatic carbocycles. The zero-order valence-electron chi connectivity index (χ0n) is 45.4. The number of amides is 1. The molecule has 9 atom stereocenters. The third-order valence-corrected chi connectivity index (χ3v) is 15.9. The lowest BCUT2D eigenvalue weighted by Gasteiger charge is -2.41. The van der Waals surface area contributed by atoms with E-state index < -0.39 is 63.2 Å². The van der Waals surface area contributed by atoms with Gasteiger partial charge in [-0.2, -0.15) is 0 Å². The van der Waals surface area contributed by atoms with E-state index in [9.17, 15) is 44.9 Å². The summed E-state index contributed by atoms with van der Waals surface area (Å²) in [6.07, 6.45) is 43.1. The van der Waals surface area contributed by atoms with Crippen LogP contribution >= 0.6 is 7.82 Å². The summed E-state index contributed by atoms with van der Waals surface area (Å²) in [4.78, 5) is 23.5. The number of hydrogen-bond acceptors (Lipinski definition) is 10. The van der Waals surface area contributed by atoms with Crippen LogP contribution in [0, 0.1) is 0 Å². The van der Waals surface area contributed by atoms with Crippen molar-refractivity contribution in [2.75, 3.05) is 6.61 Å². The van der Waals surface area contributed by atoms with Crippen LogP contribution < -0.4 is 5.32 Å². The maximum absolute atomic E-state index is 13.0. The number of phosphoric acid groups is 1. The van der Waals surface area contributed by atoms with Crippen LogP contribution in [0.25, 0.3) is 0 Å². The maximum atomic E-state index is 13.0. The van der Waals surface area contributed by atoms with Gasteiger partial charge in [0.1, 0.15) is 36.6 Å². The molecule has 70 heavy (non-hydrogen) atoms. The third-order valence-electron chi connectivity index (χ3n) is 14.9. The number of aliphatic hydroxyl groups is 6. The van der Waals surface area contributed by atoms with E-state index in [0.717, 1.165) is 38.5 Å². The summed E-state index contributed by atoms with van der Waals surface area (Å²) in [6, 6.07) is -1.03. The zero-order chi connectivity index (χ0) is 51.3. The first-order chi connectivity index (χ1) is 33.9. The molecule has 8 N–H and O–H groups in total. The fourth-order valence-corrected chi connectivity index (χ4v) is 11.1. The number of hydrogen-bond donors (Lipinski definition) is 8. The first kappa shape index (κ1) is 67.4. The van der Waals surface area contributed by atoms with Gasteiger partial charge in [-0.25, -0.2) is 4.57 Å². The summed E-state index contributed by atoms with van der Waals surface area (Å²) in [6.45, 7) is 3.93. The Balaban J connectivity index is 2.18. The highest BCUT2D eigenvalue weighted by Crippen LogP contribution is 2.47. The largest absolute Gasteiger partial charge is 0.472 e. The van der Waals surface area contributed by atoms with Crippen molar-refractivity contribution in [3.8, 4) is 0 Å². The summed E-state index contributed by atoms with van der Waals surface area (Å²) in [5, 5.41) is 64.4. The number of unbranched alkanes of at least 4 members (excludes halogenated alkanes) is 41. The summed E-state index contributed by atoms with van der Waals surface area (Å²) in [5.74, 6) is -0.301. The molecule has 0 aromatic heterocycles. The molecule has 13 heteroatoms. The first-order valence-corrected chi connectivity index (χ1v) is 31.5. The summed E-state index contributed by atoms with van der Waals surface area (Å²) in [7, 11) is -5.06. The Labute approximate surface area is 429 Å². The van der Waals surface area contributed by atoms with Gasteiger partial charge in [-0.15, -0.1) is 0 Å². The summed E-state index contributed by atoms with van der Waals surface area (Å²) in [5.41, 5.74) is 0. The molecule has 0 spiro atoms. The number of carbonyl (C=O) groups is 1. The van der Waals surface area contributed by atoms with Crippen molar-refractivity contribution >= 4 is 13.7 Å². The van der Waals surface area contributed by atoms with Gasteiger partial charge in [-0.1, -0.05) is 284 Å². The number of rotatable bonds is 52. The summed E-state index contributed by atoms with van der Waals surface area (Å²) < 4.78 is 23.1. The second-order valence-corrected chi connectivity index (χ2v) is 23.0. The topological polar surface area (TPSA) is 206 Å². The molecule has 1 fully saturated rings. The molecule has 12 nitrogen and oxygen atoms in total. The van der Waals surface area contributed by atoms with Gasteiger partial charge in [0, 0.05) is 6.42 Å². The Morgan fingerprint density at radius 1 is 0.429 bits per heavy atom. The minimum atomic E-state index is -5.06. The van der Waals surface area contributed by atoms with E-state index in [1.54, 1.807) is 0 Å². The second-order valence-electron chi connectivity index (χ2n) is 21.6. The Morgan fingerprint density at radius 3 is 0.986 bits per heavy atom. The van der Waals surface area contributed by atoms with Gasteiger partial charge in [-0.05, 0) is 12.8 Å². The van der Waals surface area contributed by atoms with Crippen molar-refractivity contribution in [1.29, 1.82) is 0 Å². The molecule has 1 saturated carbocycles. The molecule has 1 aliphatic rings. The van der Waals surface area contributed by atoms with Crippen LogP contribution in [-0.4, -0.2) is 96.8 Å². The molecule has 0 radical (unpaired) electrons. The van der Waals surface area contributed by atoms with Crippen molar-refractivity contribution < 1.29 is 53.9 Å². The molecule has 0 aromatic rings. The molecule has 0 bridgehead atoms. The number of phosphoric ester groups is 1. The Bertz CT molecular complexity index is 1190. The number of nitrogens with one attached hydrogen (secondary N) is 1. The van der Waals surface area contributed by atoms with Gasteiger partial charge in [-0.3, -0.25) is 13.8 Å². The number of carbonyl (C=O) groups excluding carboxylic acids is 1. The van der Waals surface area contributed by atoms with Crippen LogP contribution in [0.2, 0.25) is 0 Å². The van der Waals surface area contributed by atoms with Crippen molar-refractivity contribution in [1.82, 2.24) is 5.32 Å². The molecule has 0 aliphatic heterocycles. The van der Waals surface area contributed by atoms with Gasteiger partial charge in [0.15, 0.2) is 0 Å². The van der Waals surface area contributed by atoms with Crippen LogP contribution in [0.1, 0.15) is 303 Å². The highest BCUT2D eigenvalue weighted by Gasteiger charge is 2.51. The highest BCUT2D eigenvalue weighted by molar-refractivity contribution is 7.47. The Morgan fingerprint density at radius 2 is 0.686 bits per heavy atom. The normalized spacial score (nSPS) is 21.2. The smallest absolute Gasteiger partial charge is 0.391 e. The van der Waals surface area contributed by atoms with Crippen molar-refractivity contribution in [3.63, 3.8) is 0 Å². The fraction of sp³-hybridized carbons (Fsp3) is 0.982. The van der Waals surface area contributed by atoms with Gasteiger partial charge in [0.2, 0.25) is 5.91 Å². The zero-order valence-corrected chi connectivity index (χ0v) is 46.3. The van der Waals surface area contributed by atoms with E-state index in [0.29, 0.717) is 19.3 Å². The van der Waals surface area contributed by atoms with Crippen LogP contribution in [0.4, 0.5) is 0 Å². The lowest BCUT2D eigenvalue weighted by molar-refractivity contribution is -0.220. The molecule has 1 amide bonds. The molecule has 0 saturated heterocycles. The van der Waals surface area contributed by atoms with Crippen molar-refractivity contribution in [2.24, 2.45) is 0 Å². The predicted octanol–water partition coefficient (Wildman–Crippen LogP) is 13.7. The first-order valence-electron chi connectivity index (χ1n) is 30.0. The van der Waals surface area contributed by atoms with E-state index in [-0.39, 0.29) is 12.3 Å². The second kappa shape index (κ2) is 46.8. The fourth-order valence-electron chi connectivity index (χ4n) is 10.1. The SMILES string of the molecule is CCCCCCCCCCCCCCCCCCCCCCCCCCCCCCCCCC(=O)N[C@@H](COP(=O)(O)OC1C(O)C(O)C(O)[C@@H](O)C1O)[C@H](O)CCCCCCCCCCCCCC. The molecule has 6 unspecified atom stereocenters. The molecule has 1 rings (SSSR count). The molecular formula is C57H114NO11P. The van der Waals surface area contributed by atoms with Crippen molar-refractivity contribution in [2.45, 2.75) is 352 Å². The van der Waals surface area contributed by atoms with E-state index in [1.807, 2.05) is 0 Å². The van der Waals surface area contributed by atoms with E-state index in [4.69, 9.17) is 9.05 Å². The average molecular weight is 1020 g/mol. The van der Waals surface area contributed by atoms with Gasteiger partial charge >= 0.3 is 7.82 Å². The lowest BCUT2D eigenvalue weighted by Crippen LogP contribution is -2.64. The predicted molar refractivity (Wildman–Crippen MR) is 288 cm³/mol. The van der Waals surface area contributed by atoms with Crippen LogP contribution in [0.5, 0.6) is 0 Å². The third kappa shape index (κ3) is 37.1. The van der Waals surface area contributed by atoms with E-state index >= 15 is 0 Å². The lowest BCUT2D eigenvalue weighted by atomic mass is 9.85. The standard InChI is InChI=1S/C57H114NO11P/c1-3-5-7-9-11-13-15-17-18-19-20-21-22-23-24-25-26-27-28-29-30-31-32-33-34-35-37-39-41-43-45-47-51(60)58-49(50(59)46-44-42-40-38-36-16-14-12-10-8-6-4-2)48-68-70(66,67)69-57-55(64)53(62)52(61)54(63)56(57)65/h49-50,52-57,59,61-65H,3-48H2,1-2H3,(H,58,60)(H,66,67)/t49-,50+,52?,53+,54?,55?,56?,57?/m0/s1. The monoisotopic (exact) mass is 1020 g/mol. The van der Waals surface area contributed by atoms with Gasteiger partial charge < -0.3 is 40.8 Å². The average Bonchev–Trinajstić information content (AvgIpc) is 3.34. The minimum Gasteiger partial charge on any atom is -0.391 e. The molecule has 418 valence electrons.